The molecule has 0 aromatic carbocycles. The standard InChI is InChI=1S/C25H24F3N7O2/c1-12-10-37-11-13(2)35(12)14-3-4-21-32-24(33-34(21)9-14)18-8-30-22(23(27)28)17-7-29-20(6-15(17)18)31-25(36)16-5-19(16)26/h3-4,6-9,12-13,16,19,23H,5,10-11H2,1-2H3,(H,29,31,36)/t12-,13+,16-,19+/m1/s1. The number of rotatable bonds is 5. The maximum atomic E-state index is 13.7. The Labute approximate surface area is 209 Å². The number of pyridine rings is 3. The second kappa shape index (κ2) is 8.94. The quantitative estimate of drug-likeness (QED) is 0.429. The molecule has 12 heteroatoms. The highest BCUT2D eigenvalue weighted by Crippen LogP contribution is 2.36. The van der Waals surface area contributed by atoms with Crippen molar-refractivity contribution >= 4 is 33.8 Å². The van der Waals surface area contributed by atoms with E-state index in [0.717, 1.165) is 5.69 Å². The highest BCUT2D eigenvalue weighted by Gasteiger charge is 2.43. The number of nitrogens with one attached hydrogen (secondary N) is 1. The molecule has 37 heavy (non-hydrogen) atoms. The van der Waals surface area contributed by atoms with Gasteiger partial charge in [-0.05, 0) is 38.5 Å². The van der Waals surface area contributed by atoms with Gasteiger partial charge in [-0.3, -0.25) is 9.78 Å². The highest BCUT2D eigenvalue weighted by atomic mass is 19.3. The van der Waals surface area contributed by atoms with Crippen molar-refractivity contribution in [3.63, 3.8) is 0 Å². The van der Waals surface area contributed by atoms with Gasteiger partial charge >= 0.3 is 0 Å². The molecule has 2 fully saturated rings. The van der Waals surface area contributed by atoms with Crippen molar-refractivity contribution < 1.29 is 22.7 Å². The summed E-state index contributed by atoms with van der Waals surface area (Å²) in [6.45, 7) is 5.43. The molecule has 4 aromatic heterocycles. The predicted octanol–water partition coefficient (Wildman–Crippen LogP) is 4.19. The van der Waals surface area contributed by atoms with Crippen LogP contribution in [0.3, 0.4) is 0 Å². The lowest BCUT2D eigenvalue weighted by Crippen LogP contribution is -2.49. The zero-order valence-electron chi connectivity index (χ0n) is 20.1. The number of ether oxygens (including phenoxy) is 1. The van der Waals surface area contributed by atoms with Crippen LogP contribution in [0, 0.1) is 5.92 Å². The molecule has 0 spiro atoms. The Bertz CT molecular complexity index is 1500. The summed E-state index contributed by atoms with van der Waals surface area (Å²) in [5.41, 5.74) is 1.51. The van der Waals surface area contributed by atoms with E-state index in [2.05, 4.69) is 44.1 Å². The van der Waals surface area contributed by atoms with Gasteiger partial charge in [-0.25, -0.2) is 27.7 Å². The first-order chi connectivity index (χ1) is 17.8. The molecule has 9 nitrogen and oxygen atoms in total. The van der Waals surface area contributed by atoms with Crippen molar-refractivity contribution in [2.45, 2.75) is 44.9 Å². The van der Waals surface area contributed by atoms with E-state index < -0.39 is 30.1 Å². The Morgan fingerprint density at radius 2 is 1.89 bits per heavy atom. The lowest BCUT2D eigenvalue weighted by molar-refractivity contribution is -0.117. The van der Waals surface area contributed by atoms with Gasteiger partial charge in [-0.15, -0.1) is 5.10 Å². The normalized spacial score (nSPS) is 23.7. The fraction of sp³-hybridized carbons (Fsp3) is 0.400. The molecule has 1 aliphatic carbocycles. The molecular weight excluding hydrogens is 487 g/mol. The Morgan fingerprint density at radius 3 is 2.59 bits per heavy atom. The van der Waals surface area contributed by atoms with Gasteiger partial charge in [0.2, 0.25) is 5.91 Å². The number of hydrogen-bond donors (Lipinski definition) is 1. The van der Waals surface area contributed by atoms with E-state index in [-0.39, 0.29) is 35.5 Å². The van der Waals surface area contributed by atoms with Gasteiger partial charge in [-0.2, -0.15) is 0 Å². The van der Waals surface area contributed by atoms with Gasteiger partial charge in [0.25, 0.3) is 6.43 Å². The van der Waals surface area contributed by atoms with E-state index in [1.165, 1.54) is 18.5 Å². The van der Waals surface area contributed by atoms with Crippen LogP contribution in [0.4, 0.5) is 24.7 Å². The molecule has 192 valence electrons. The van der Waals surface area contributed by atoms with Crippen LogP contribution in [-0.2, 0) is 9.53 Å². The summed E-state index contributed by atoms with van der Waals surface area (Å²) in [7, 11) is 0. The molecule has 4 atom stereocenters. The molecule has 0 unspecified atom stereocenters. The molecule has 1 amide bonds. The van der Waals surface area contributed by atoms with E-state index >= 15 is 0 Å². The van der Waals surface area contributed by atoms with Crippen LogP contribution < -0.4 is 10.2 Å². The van der Waals surface area contributed by atoms with Gasteiger partial charge in [0.1, 0.15) is 17.7 Å². The average molecular weight is 512 g/mol. The number of morpholine rings is 1. The summed E-state index contributed by atoms with van der Waals surface area (Å²) in [6.07, 6.45) is 0.587. The number of anilines is 2. The van der Waals surface area contributed by atoms with Crippen molar-refractivity contribution in [1.29, 1.82) is 0 Å². The maximum Gasteiger partial charge on any atom is 0.281 e. The predicted molar refractivity (Wildman–Crippen MR) is 130 cm³/mol. The van der Waals surface area contributed by atoms with E-state index in [1.54, 1.807) is 4.52 Å². The Morgan fingerprint density at radius 1 is 1.14 bits per heavy atom. The lowest BCUT2D eigenvalue weighted by Gasteiger charge is -2.40. The van der Waals surface area contributed by atoms with Gasteiger partial charge in [0.05, 0.1) is 31.0 Å². The third-order valence-electron chi connectivity index (χ3n) is 6.83. The van der Waals surface area contributed by atoms with Gasteiger partial charge in [0.15, 0.2) is 11.5 Å². The monoisotopic (exact) mass is 511 g/mol. The number of fused-ring (bicyclic) bond motifs is 2. The molecular formula is C25H24F3N7O2. The van der Waals surface area contributed by atoms with Crippen LogP contribution in [-0.4, -0.2) is 61.9 Å². The Balaban J connectivity index is 1.41. The SMILES string of the molecule is C[C@@H]1COC[C@H](C)N1c1ccc2nc(-c3cnc(C(F)F)c4cnc(NC(=O)[C@@H]5C[C@@H]5F)cc34)nn2c1. The summed E-state index contributed by atoms with van der Waals surface area (Å²) in [5.74, 6) is -0.787. The summed E-state index contributed by atoms with van der Waals surface area (Å²) < 4.78 is 48.0. The van der Waals surface area contributed by atoms with Crippen molar-refractivity contribution in [2.75, 3.05) is 23.4 Å². The molecule has 1 aliphatic heterocycles. The molecule has 1 saturated heterocycles. The first kappa shape index (κ1) is 23.6. The van der Waals surface area contributed by atoms with Crippen molar-refractivity contribution in [1.82, 2.24) is 24.6 Å². The molecule has 0 bridgehead atoms. The van der Waals surface area contributed by atoms with Crippen LogP contribution >= 0.6 is 0 Å². The van der Waals surface area contributed by atoms with Gasteiger partial charge in [-0.1, -0.05) is 0 Å². The Hall–Kier alpha value is -3.80. The van der Waals surface area contributed by atoms with Crippen LogP contribution in [0.2, 0.25) is 0 Å². The lowest BCUT2D eigenvalue weighted by atomic mass is 10.1. The number of carbonyl (C=O) groups excluding carboxylic acids is 1. The summed E-state index contributed by atoms with van der Waals surface area (Å²) in [5, 5.41) is 7.66. The maximum absolute atomic E-state index is 13.7. The first-order valence-electron chi connectivity index (χ1n) is 12.0. The van der Waals surface area contributed by atoms with Crippen LogP contribution in [0.5, 0.6) is 0 Å². The van der Waals surface area contributed by atoms with Crippen LogP contribution in [0.1, 0.15) is 32.4 Å². The smallest absolute Gasteiger partial charge is 0.281 e. The first-order valence-corrected chi connectivity index (χ1v) is 12.0. The van der Waals surface area contributed by atoms with E-state index in [1.807, 2.05) is 18.3 Å². The summed E-state index contributed by atoms with van der Waals surface area (Å²) in [4.78, 5) is 27.1. The topological polar surface area (TPSA) is 97.5 Å². The van der Waals surface area contributed by atoms with Crippen LogP contribution in [0.25, 0.3) is 27.8 Å². The number of amides is 1. The highest BCUT2D eigenvalue weighted by molar-refractivity contribution is 6.00. The average Bonchev–Trinajstić information content (AvgIpc) is 3.45. The summed E-state index contributed by atoms with van der Waals surface area (Å²) >= 11 is 0. The fourth-order valence-corrected chi connectivity index (χ4v) is 4.88. The molecule has 1 N–H and O–H groups in total. The largest absolute Gasteiger partial charge is 0.377 e. The molecule has 6 rings (SSSR count). The number of aromatic nitrogens is 5. The fourth-order valence-electron chi connectivity index (χ4n) is 4.88. The minimum Gasteiger partial charge on any atom is -0.377 e. The third-order valence-corrected chi connectivity index (χ3v) is 6.83. The van der Waals surface area contributed by atoms with Crippen molar-refractivity contribution in [3.8, 4) is 11.4 Å². The molecule has 0 radical (unpaired) electrons. The number of carbonyl (C=O) groups is 1. The second-order valence-electron chi connectivity index (χ2n) is 9.59. The minimum absolute atomic E-state index is 0.121. The number of alkyl halides is 3. The van der Waals surface area contributed by atoms with Crippen LogP contribution in [0.15, 0.2) is 36.8 Å². The minimum atomic E-state index is -2.83. The molecule has 5 heterocycles. The second-order valence-corrected chi connectivity index (χ2v) is 9.59. The van der Waals surface area contributed by atoms with E-state index in [4.69, 9.17) is 4.74 Å². The Kier molecular flexibility index (Phi) is 5.70. The molecule has 4 aromatic rings. The van der Waals surface area contributed by atoms with E-state index in [0.29, 0.717) is 29.8 Å². The molecule has 2 aliphatic rings. The zero-order chi connectivity index (χ0) is 25.8. The number of hydrogen-bond acceptors (Lipinski definition) is 7. The number of halogens is 3. The van der Waals surface area contributed by atoms with Gasteiger partial charge in [0, 0.05) is 40.8 Å². The van der Waals surface area contributed by atoms with Crippen molar-refractivity contribution in [3.05, 3.63) is 42.5 Å². The van der Waals surface area contributed by atoms with E-state index in [9.17, 15) is 18.0 Å². The summed E-state index contributed by atoms with van der Waals surface area (Å²) in [6, 6.07) is 5.66. The molecule has 1 saturated carbocycles. The van der Waals surface area contributed by atoms with Crippen molar-refractivity contribution in [2.24, 2.45) is 5.92 Å². The zero-order valence-corrected chi connectivity index (χ0v) is 20.1. The number of nitrogens with zero attached hydrogens (tertiary/aromatic N) is 6. The third kappa shape index (κ3) is 4.24. The van der Waals surface area contributed by atoms with Gasteiger partial charge < -0.3 is 15.0 Å².